The minimum absolute atomic E-state index is 0.0128. The van der Waals surface area contributed by atoms with Crippen LogP contribution in [0, 0.1) is 6.92 Å². The smallest absolute Gasteiger partial charge is 0.292 e. The number of carbonyl (C=O) groups is 1. The first-order valence-corrected chi connectivity index (χ1v) is 5.07. The van der Waals surface area contributed by atoms with Crippen LogP contribution in [0.3, 0.4) is 0 Å². The van der Waals surface area contributed by atoms with Crippen LogP contribution in [0.15, 0.2) is 10.6 Å². The molecule has 0 radical (unpaired) electrons. The van der Waals surface area contributed by atoms with Crippen molar-refractivity contribution in [3.63, 3.8) is 0 Å². The van der Waals surface area contributed by atoms with Crippen LogP contribution >= 0.6 is 0 Å². The van der Waals surface area contributed by atoms with Crippen LogP contribution in [-0.2, 0) is 0 Å². The third-order valence-corrected chi connectivity index (χ3v) is 2.69. The Balaban J connectivity index is 2.13. The fraction of sp³-hybridized carbons (Fsp3) is 0.600. The van der Waals surface area contributed by atoms with Crippen molar-refractivity contribution in [2.45, 2.75) is 25.8 Å². The quantitative estimate of drug-likeness (QED) is 0.775. The summed E-state index contributed by atoms with van der Waals surface area (Å²) in [6.07, 6.45) is 1.79. The SMILES string of the molecule is Cc1cc(C(=O)N2CCCC2CO)on1. The van der Waals surface area contributed by atoms with Crippen LogP contribution in [-0.4, -0.2) is 40.3 Å². The third kappa shape index (κ3) is 1.87. The molecule has 0 saturated carbocycles. The van der Waals surface area contributed by atoms with Crippen LogP contribution in [0.4, 0.5) is 0 Å². The summed E-state index contributed by atoms with van der Waals surface area (Å²) in [7, 11) is 0. The molecule has 82 valence electrons. The van der Waals surface area contributed by atoms with Crippen molar-refractivity contribution in [1.82, 2.24) is 10.1 Å². The zero-order valence-electron chi connectivity index (χ0n) is 8.64. The molecule has 5 heteroatoms. The standard InChI is InChI=1S/C10H14N2O3/c1-7-5-9(15-11-7)10(14)12-4-2-3-8(12)6-13/h5,8,13H,2-4,6H2,1H3. The number of aromatic nitrogens is 1. The minimum atomic E-state index is -0.174. The molecule has 1 atom stereocenters. The Morgan fingerprint density at radius 2 is 2.60 bits per heavy atom. The minimum Gasteiger partial charge on any atom is -0.394 e. The number of carbonyl (C=O) groups excluding carboxylic acids is 1. The van der Waals surface area contributed by atoms with Gasteiger partial charge in [-0.3, -0.25) is 4.79 Å². The number of aryl methyl sites for hydroxylation is 1. The Hall–Kier alpha value is -1.36. The van der Waals surface area contributed by atoms with E-state index in [4.69, 9.17) is 9.63 Å². The molecule has 0 spiro atoms. The molecule has 1 aliphatic rings. The lowest BCUT2D eigenvalue weighted by atomic mass is 10.2. The normalized spacial score (nSPS) is 20.9. The lowest BCUT2D eigenvalue weighted by Crippen LogP contribution is -2.37. The molecule has 5 nitrogen and oxygen atoms in total. The van der Waals surface area contributed by atoms with Gasteiger partial charge in [-0.05, 0) is 19.8 Å². The molecule has 2 heterocycles. The Morgan fingerprint density at radius 3 is 3.20 bits per heavy atom. The zero-order chi connectivity index (χ0) is 10.8. The number of rotatable bonds is 2. The van der Waals surface area contributed by atoms with Gasteiger partial charge in [-0.15, -0.1) is 0 Å². The summed E-state index contributed by atoms with van der Waals surface area (Å²) in [5.74, 6) is 0.0833. The van der Waals surface area contributed by atoms with Gasteiger partial charge >= 0.3 is 0 Å². The van der Waals surface area contributed by atoms with Crippen molar-refractivity contribution in [2.75, 3.05) is 13.2 Å². The van der Waals surface area contributed by atoms with Gasteiger partial charge in [0.1, 0.15) is 0 Å². The van der Waals surface area contributed by atoms with Crippen molar-refractivity contribution in [3.8, 4) is 0 Å². The largest absolute Gasteiger partial charge is 0.394 e. The molecule has 1 aliphatic heterocycles. The highest BCUT2D eigenvalue weighted by atomic mass is 16.5. The van der Waals surface area contributed by atoms with Crippen molar-refractivity contribution in [1.29, 1.82) is 0 Å². The summed E-state index contributed by atoms with van der Waals surface area (Å²) < 4.78 is 4.91. The number of hydrogen-bond donors (Lipinski definition) is 1. The summed E-state index contributed by atoms with van der Waals surface area (Å²) in [4.78, 5) is 13.6. The molecular formula is C10H14N2O3. The Morgan fingerprint density at radius 1 is 1.80 bits per heavy atom. The Bertz CT molecular complexity index is 361. The molecule has 1 unspecified atom stereocenters. The maximum absolute atomic E-state index is 11.9. The number of nitrogens with zero attached hydrogens (tertiary/aromatic N) is 2. The van der Waals surface area contributed by atoms with E-state index in [-0.39, 0.29) is 24.3 Å². The molecule has 0 bridgehead atoms. The van der Waals surface area contributed by atoms with Crippen LogP contribution in [0.1, 0.15) is 29.1 Å². The summed E-state index contributed by atoms with van der Waals surface area (Å²) >= 11 is 0. The van der Waals surface area contributed by atoms with Gasteiger partial charge in [-0.1, -0.05) is 5.16 Å². The van der Waals surface area contributed by atoms with Crippen LogP contribution in [0.5, 0.6) is 0 Å². The molecular weight excluding hydrogens is 196 g/mol. The molecule has 1 N–H and O–H groups in total. The van der Waals surface area contributed by atoms with Gasteiger partial charge in [0, 0.05) is 12.6 Å². The molecule has 2 rings (SSSR count). The number of hydrogen-bond acceptors (Lipinski definition) is 4. The number of likely N-dealkylation sites (tertiary alicyclic amines) is 1. The Labute approximate surface area is 87.7 Å². The van der Waals surface area contributed by atoms with Crippen molar-refractivity contribution in [3.05, 3.63) is 17.5 Å². The fourth-order valence-corrected chi connectivity index (χ4v) is 1.90. The second-order valence-electron chi connectivity index (χ2n) is 3.81. The number of amides is 1. The van der Waals surface area contributed by atoms with Gasteiger partial charge in [-0.25, -0.2) is 0 Å². The van der Waals surface area contributed by atoms with E-state index in [2.05, 4.69) is 5.16 Å². The molecule has 15 heavy (non-hydrogen) atoms. The first-order chi connectivity index (χ1) is 7.22. The van der Waals surface area contributed by atoms with Crippen molar-refractivity contribution < 1.29 is 14.4 Å². The van der Waals surface area contributed by atoms with Gasteiger partial charge in [0.05, 0.1) is 18.3 Å². The molecule has 1 aromatic rings. The lowest BCUT2D eigenvalue weighted by Gasteiger charge is -2.21. The van der Waals surface area contributed by atoms with Gasteiger partial charge < -0.3 is 14.5 Å². The predicted molar refractivity (Wildman–Crippen MR) is 52.4 cm³/mol. The van der Waals surface area contributed by atoms with E-state index < -0.39 is 0 Å². The fourth-order valence-electron chi connectivity index (χ4n) is 1.90. The van der Waals surface area contributed by atoms with E-state index in [1.165, 1.54) is 0 Å². The average Bonchev–Trinajstić information content (AvgIpc) is 2.84. The molecule has 0 aromatic carbocycles. The van der Waals surface area contributed by atoms with E-state index in [0.717, 1.165) is 12.8 Å². The summed E-state index contributed by atoms with van der Waals surface area (Å²) in [6, 6.07) is 1.55. The second-order valence-corrected chi connectivity index (χ2v) is 3.81. The number of aliphatic hydroxyl groups is 1. The van der Waals surface area contributed by atoms with Crippen LogP contribution in [0.25, 0.3) is 0 Å². The van der Waals surface area contributed by atoms with Crippen LogP contribution < -0.4 is 0 Å². The second kappa shape index (κ2) is 4.02. The highest BCUT2D eigenvalue weighted by molar-refractivity contribution is 5.91. The van der Waals surface area contributed by atoms with Crippen molar-refractivity contribution >= 4 is 5.91 Å². The summed E-state index contributed by atoms with van der Waals surface area (Å²) in [5, 5.41) is 12.8. The highest BCUT2D eigenvalue weighted by Crippen LogP contribution is 2.19. The zero-order valence-corrected chi connectivity index (χ0v) is 8.64. The molecule has 1 aromatic heterocycles. The highest BCUT2D eigenvalue weighted by Gasteiger charge is 2.30. The first kappa shape index (κ1) is 10.2. The number of aliphatic hydroxyl groups excluding tert-OH is 1. The summed E-state index contributed by atoms with van der Waals surface area (Å²) in [6.45, 7) is 2.47. The van der Waals surface area contributed by atoms with Gasteiger partial charge in [-0.2, -0.15) is 0 Å². The molecule has 1 saturated heterocycles. The molecule has 0 aliphatic carbocycles. The van der Waals surface area contributed by atoms with E-state index in [9.17, 15) is 4.79 Å². The van der Waals surface area contributed by atoms with Crippen LogP contribution in [0.2, 0.25) is 0 Å². The van der Waals surface area contributed by atoms with E-state index >= 15 is 0 Å². The topological polar surface area (TPSA) is 66.6 Å². The average molecular weight is 210 g/mol. The maximum Gasteiger partial charge on any atom is 0.292 e. The lowest BCUT2D eigenvalue weighted by molar-refractivity contribution is 0.0636. The van der Waals surface area contributed by atoms with Crippen molar-refractivity contribution in [2.24, 2.45) is 0 Å². The van der Waals surface area contributed by atoms with Gasteiger partial charge in [0.2, 0.25) is 5.76 Å². The van der Waals surface area contributed by atoms with E-state index in [1.54, 1.807) is 17.9 Å². The third-order valence-electron chi connectivity index (χ3n) is 2.69. The van der Waals surface area contributed by atoms with Gasteiger partial charge in [0.15, 0.2) is 0 Å². The maximum atomic E-state index is 11.9. The van der Waals surface area contributed by atoms with E-state index in [0.29, 0.717) is 12.2 Å². The van der Waals surface area contributed by atoms with Gasteiger partial charge in [0.25, 0.3) is 5.91 Å². The monoisotopic (exact) mass is 210 g/mol. The Kier molecular flexibility index (Phi) is 2.73. The summed E-state index contributed by atoms with van der Waals surface area (Å²) in [5.41, 5.74) is 0.693. The predicted octanol–water partition coefficient (Wildman–Crippen LogP) is 0.580. The molecule has 1 amide bonds. The van der Waals surface area contributed by atoms with E-state index in [1.807, 2.05) is 0 Å². The first-order valence-electron chi connectivity index (χ1n) is 5.07. The molecule has 1 fully saturated rings.